The van der Waals surface area contributed by atoms with Crippen LogP contribution in [0, 0.1) is 11.8 Å². The molecule has 0 N–H and O–H groups in total. The van der Waals surface area contributed by atoms with Gasteiger partial charge in [-0.3, -0.25) is 4.90 Å². The molecule has 1 aliphatic heterocycles. The van der Waals surface area contributed by atoms with Gasteiger partial charge in [0.1, 0.15) is 5.76 Å². The minimum Gasteiger partial charge on any atom is -0.451 e. The topological polar surface area (TPSA) is 34.8 Å². The van der Waals surface area contributed by atoms with Gasteiger partial charge in [0.15, 0.2) is 5.76 Å². The molecule has 2 aromatic rings. The predicted octanol–water partition coefficient (Wildman–Crippen LogP) is 2.94. The summed E-state index contributed by atoms with van der Waals surface area (Å²) in [6.07, 6.45) is 0. The molecule has 1 aliphatic rings. The number of hydrogen-bond donors (Lipinski definition) is 0. The van der Waals surface area contributed by atoms with Gasteiger partial charge in [0, 0.05) is 23.8 Å². The van der Waals surface area contributed by atoms with E-state index in [4.69, 9.17) is 13.8 Å². The summed E-state index contributed by atoms with van der Waals surface area (Å²) in [4.78, 5) is 2.33. The molecular formula is C23H31BNO3P. The van der Waals surface area contributed by atoms with Crippen LogP contribution in [0.25, 0.3) is 0 Å². The van der Waals surface area contributed by atoms with Crippen LogP contribution in [0.5, 0.6) is 0 Å². The van der Waals surface area contributed by atoms with Crippen molar-refractivity contribution in [3.63, 3.8) is 0 Å². The highest BCUT2D eigenvalue weighted by Crippen LogP contribution is 2.33. The Labute approximate surface area is 177 Å². The third-order valence-electron chi connectivity index (χ3n) is 5.58. The normalized spacial score (nSPS) is 15.6. The summed E-state index contributed by atoms with van der Waals surface area (Å²) < 4.78 is 17.4. The smallest absolute Gasteiger partial charge is 0.309 e. The van der Waals surface area contributed by atoms with E-state index < -0.39 is 0 Å². The molecule has 2 heterocycles. The number of hydrogen-bond acceptors (Lipinski definition) is 4. The zero-order valence-corrected chi connectivity index (χ0v) is 19.1. The molecule has 0 amide bonds. The molecule has 154 valence electrons. The Bertz CT molecular complexity index is 853. The highest BCUT2D eigenvalue weighted by atomic mass is 31.0. The first-order valence-electron chi connectivity index (χ1n) is 10.2. The van der Waals surface area contributed by atoms with Gasteiger partial charge < -0.3 is 13.8 Å². The summed E-state index contributed by atoms with van der Waals surface area (Å²) in [6, 6.07) is 12.2. The van der Waals surface area contributed by atoms with Crippen molar-refractivity contribution in [1.82, 2.24) is 4.90 Å². The summed E-state index contributed by atoms with van der Waals surface area (Å²) >= 11 is 0. The standard InChI is InChI=1S/C23H31BNO3P/c1-22(2,23(3,4)29)28-24-19-8-5-18(6-9-19)7-10-20-11-12-21(27-20)17-25-13-15-26-16-14-25/h5-6,8-9,11-12,24H,13-17,29H2,1-4H3. The Morgan fingerprint density at radius 3 is 2.38 bits per heavy atom. The van der Waals surface area contributed by atoms with Crippen molar-refractivity contribution in [1.29, 1.82) is 0 Å². The van der Waals surface area contributed by atoms with Crippen molar-refractivity contribution in [2.24, 2.45) is 0 Å². The SMILES string of the molecule is CC(C)(P)C(C)(C)OBc1ccc(C#Cc2ccc(CN3CCOCC3)o2)cc1. The lowest BCUT2D eigenvalue weighted by Gasteiger charge is -2.39. The minimum atomic E-state index is -0.228. The van der Waals surface area contributed by atoms with Crippen molar-refractivity contribution in [3.8, 4) is 11.8 Å². The number of rotatable bonds is 6. The summed E-state index contributed by atoms with van der Waals surface area (Å²) in [5.74, 6) is 7.95. The average molecular weight is 411 g/mol. The highest BCUT2D eigenvalue weighted by molar-refractivity contribution is 7.19. The fraction of sp³-hybridized carbons (Fsp3) is 0.478. The zero-order valence-electron chi connectivity index (χ0n) is 18.0. The van der Waals surface area contributed by atoms with Crippen LogP contribution >= 0.6 is 9.24 Å². The van der Waals surface area contributed by atoms with Gasteiger partial charge in [-0.05, 0) is 44.0 Å². The van der Waals surface area contributed by atoms with Crippen LogP contribution in [0.1, 0.15) is 44.8 Å². The second-order valence-corrected chi connectivity index (χ2v) is 10.1. The second kappa shape index (κ2) is 9.50. The van der Waals surface area contributed by atoms with Gasteiger partial charge in [0.25, 0.3) is 0 Å². The van der Waals surface area contributed by atoms with Crippen molar-refractivity contribution >= 4 is 22.2 Å². The molecule has 1 fully saturated rings. The third-order valence-corrected chi connectivity index (χ3v) is 6.28. The Kier molecular flexibility index (Phi) is 7.25. The summed E-state index contributed by atoms with van der Waals surface area (Å²) in [5.41, 5.74) is 1.88. The lowest BCUT2D eigenvalue weighted by atomic mass is 9.83. The molecule has 0 aliphatic carbocycles. The number of nitrogens with zero attached hydrogens (tertiary/aromatic N) is 1. The molecule has 1 aromatic carbocycles. The maximum Gasteiger partial charge on any atom is 0.309 e. The lowest BCUT2D eigenvalue weighted by Crippen LogP contribution is -2.45. The molecule has 3 rings (SSSR count). The Morgan fingerprint density at radius 2 is 1.72 bits per heavy atom. The molecule has 0 spiro atoms. The van der Waals surface area contributed by atoms with E-state index in [2.05, 4.69) is 65.8 Å². The summed E-state index contributed by atoms with van der Waals surface area (Å²) in [6.45, 7) is 12.9. The monoisotopic (exact) mass is 411 g/mol. The Balaban J connectivity index is 1.55. The molecule has 0 saturated carbocycles. The second-order valence-electron chi connectivity index (χ2n) is 8.62. The van der Waals surface area contributed by atoms with Crippen molar-refractivity contribution in [2.45, 2.75) is 45.0 Å². The van der Waals surface area contributed by atoms with Crippen LogP contribution in [0.2, 0.25) is 0 Å². The van der Waals surface area contributed by atoms with Crippen molar-refractivity contribution in [3.05, 3.63) is 53.5 Å². The van der Waals surface area contributed by atoms with Crippen molar-refractivity contribution < 1.29 is 13.8 Å². The van der Waals surface area contributed by atoms with E-state index in [9.17, 15) is 0 Å². The van der Waals surface area contributed by atoms with E-state index in [1.165, 1.54) is 0 Å². The third kappa shape index (κ3) is 6.46. The van der Waals surface area contributed by atoms with E-state index in [-0.39, 0.29) is 10.8 Å². The quantitative estimate of drug-likeness (QED) is 0.416. The van der Waals surface area contributed by atoms with Crippen LogP contribution in [-0.2, 0) is 15.9 Å². The van der Waals surface area contributed by atoms with Gasteiger partial charge in [-0.15, -0.1) is 9.24 Å². The van der Waals surface area contributed by atoms with E-state index in [1.54, 1.807) is 0 Å². The van der Waals surface area contributed by atoms with Gasteiger partial charge in [0.05, 0.1) is 25.4 Å². The molecule has 1 saturated heterocycles. The number of morpholine rings is 1. The molecule has 1 atom stereocenters. The van der Waals surface area contributed by atoms with Gasteiger partial charge in [-0.25, -0.2) is 0 Å². The van der Waals surface area contributed by atoms with Gasteiger partial charge >= 0.3 is 7.48 Å². The van der Waals surface area contributed by atoms with Crippen LogP contribution < -0.4 is 5.46 Å². The number of ether oxygens (including phenoxy) is 1. The van der Waals surface area contributed by atoms with E-state index >= 15 is 0 Å². The molecular weight excluding hydrogens is 380 g/mol. The first-order chi connectivity index (χ1) is 13.7. The molecule has 29 heavy (non-hydrogen) atoms. The van der Waals surface area contributed by atoms with Crippen LogP contribution in [0.15, 0.2) is 40.8 Å². The molecule has 6 heteroatoms. The Hall–Kier alpha value is -1.57. The maximum atomic E-state index is 6.13. The van der Waals surface area contributed by atoms with Crippen LogP contribution in [0.4, 0.5) is 0 Å². The minimum absolute atomic E-state index is 0.00207. The fourth-order valence-electron chi connectivity index (χ4n) is 2.78. The number of furan rings is 1. The van der Waals surface area contributed by atoms with E-state index in [0.29, 0.717) is 13.2 Å². The van der Waals surface area contributed by atoms with Crippen LogP contribution in [0.3, 0.4) is 0 Å². The average Bonchev–Trinajstić information content (AvgIpc) is 3.13. The van der Waals surface area contributed by atoms with Gasteiger partial charge in [0.2, 0.25) is 0 Å². The largest absolute Gasteiger partial charge is 0.451 e. The summed E-state index contributed by atoms with van der Waals surface area (Å²) in [7, 11) is 3.45. The molecule has 0 bridgehead atoms. The first-order valence-corrected chi connectivity index (χ1v) is 10.7. The lowest BCUT2D eigenvalue weighted by molar-refractivity contribution is 0.0313. The number of benzene rings is 1. The predicted molar refractivity (Wildman–Crippen MR) is 123 cm³/mol. The van der Waals surface area contributed by atoms with Crippen molar-refractivity contribution in [2.75, 3.05) is 26.3 Å². The van der Waals surface area contributed by atoms with E-state index in [1.807, 2.05) is 24.3 Å². The maximum absolute atomic E-state index is 6.13. The van der Waals surface area contributed by atoms with Gasteiger partial charge in [-0.2, -0.15) is 0 Å². The van der Waals surface area contributed by atoms with Gasteiger partial charge in [-0.1, -0.05) is 37.4 Å². The zero-order chi connectivity index (χ0) is 20.9. The van der Waals surface area contributed by atoms with E-state index in [0.717, 1.165) is 49.6 Å². The fourth-order valence-corrected chi connectivity index (χ4v) is 2.86. The summed E-state index contributed by atoms with van der Waals surface area (Å²) in [5, 5.41) is 0.00207. The molecule has 1 unspecified atom stereocenters. The molecule has 4 nitrogen and oxygen atoms in total. The first kappa shape index (κ1) is 22.1. The highest BCUT2D eigenvalue weighted by Gasteiger charge is 2.33. The Morgan fingerprint density at radius 1 is 1.03 bits per heavy atom. The molecule has 1 aromatic heterocycles. The van der Waals surface area contributed by atoms with Crippen LogP contribution in [-0.4, -0.2) is 49.4 Å². The molecule has 0 radical (unpaired) electrons.